The molecule has 2 N–H and O–H groups in total. The molecule has 1 aromatic heterocycles. The van der Waals surface area contributed by atoms with Crippen molar-refractivity contribution in [2.24, 2.45) is 0 Å². The molecule has 0 spiro atoms. The van der Waals surface area contributed by atoms with Crippen molar-refractivity contribution in [3.8, 4) is 0 Å². The third-order valence-electron chi connectivity index (χ3n) is 2.22. The maximum atomic E-state index is 11.5. The minimum Gasteiger partial charge on any atom is -0.361 e. The summed E-state index contributed by atoms with van der Waals surface area (Å²) in [7, 11) is 1.85. The van der Waals surface area contributed by atoms with Crippen molar-refractivity contribution >= 4 is 5.91 Å². The van der Waals surface area contributed by atoms with Crippen LogP contribution in [0.5, 0.6) is 0 Å². The van der Waals surface area contributed by atoms with Gasteiger partial charge in [-0.1, -0.05) is 5.16 Å². The van der Waals surface area contributed by atoms with Crippen LogP contribution in [0.3, 0.4) is 0 Å². The zero-order chi connectivity index (χ0) is 11.3. The highest BCUT2D eigenvalue weighted by atomic mass is 16.5. The number of nitrogens with one attached hydrogen (secondary N) is 2. The van der Waals surface area contributed by atoms with Crippen LogP contribution in [0.2, 0.25) is 0 Å². The Morgan fingerprint density at radius 3 is 2.67 bits per heavy atom. The van der Waals surface area contributed by atoms with Gasteiger partial charge in [0, 0.05) is 18.7 Å². The normalized spacial score (nSPS) is 10.3. The highest BCUT2D eigenvalue weighted by Crippen LogP contribution is 2.12. The number of aryl methyl sites for hydroxylation is 2. The van der Waals surface area contributed by atoms with E-state index in [1.165, 1.54) is 0 Å². The molecule has 0 aliphatic carbocycles. The van der Waals surface area contributed by atoms with Crippen LogP contribution in [0.4, 0.5) is 0 Å². The van der Waals surface area contributed by atoms with E-state index in [9.17, 15) is 4.79 Å². The van der Waals surface area contributed by atoms with Gasteiger partial charge in [0.2, 0.25) is 5.91 Å². The number of nitrogens with zero attached hydrogens (tertiary/aromatic N) is 1. The monoisotopic (exact) mass is 211 g/mol. The van der Waals surface area contributed by atoms with Crippen molar-refractivity contribution < 1.29 is 9.32 Å². The van der Waals surface area contributed by atoms with Crippen molar-refractivity contribution in [2.45, 2.75) is 20.3 Å². The molecule has 1 heterocycles. The average Bonchev–Trinajstić information content (AvgIpc) is 2.50. The fourth-order valence-electron chi connectivity index (χ4n) is 1.30. The molecule has 1 rings (SSSR count). The Balaban J connectivity index is 2.44. The number of likely N-dealkylation sites (N-methyl/N-ethyl adjacent to an activating group) is 1. The number of hydrogen-bond acceptors (Lipinski definition) is 4. The van der Waals surface area contributed by atoms with Gasteiger partial charge >= 0.3 is 0 Å². The number of carbonyl (C=O) groups excluding carboxylic acids is 1. The smallest absolute Gasteiger partial charge is 0.224 e. The topological polar surface area (TPSA) is 67.2 Å². The highest BCUT2D eigenvalue weighted by Gasteiger charge is 2.12. The SMILES string of the molecule is CNCCNC(=O)Cc1c(C)noc1C. The lowest BCUT2D eigenvalue weighted by Crippen LogP contribution is -2.31. The number of amides is 1. The molecule has 84 valence electrons. The summed E-state index contributed by atoms with van der Waals surface area (Å²) in [5.74, 6) is 0.718. The molecule has 0 fully saturated rings. The first kappa shape index (κ1) is 11.7. The summed E-state index contributed by atoms with van der Waals surface area (Å²) >= 11 is 0. The molecule has 0 unspecified atom stereocenters. The zero-order valence-electron chi connectivity index (χ0n) is 9.39. The lowest BCUT2D eigenvalue weighted by atomic mass is 10.1. The largest absolute Gasteiger partial charge is 0.361 e. The third-order valence-corrected chi connectivity index (χ3v) is 2.22. The van der Waals surface area contributed by atoms with Gasteiger partial charge in [-0.15, -0.1) is 0 Å². The Hall–Kier alpha value is -1.36. The quantitative estimate of drug-likeness (QED) is 0.681. The maximum Gasteiger partial charge on any atom is 0.224 e. The van der Waals surface area contributed by atoms with Crippen LogP contribution in [0.25, 0.3) is 0 Å². The zero-order valence-corrected chi connectivity index (χ0v) is 9.39. The third kappa shape index (κ3) is 3.36. The average molecular weight is 211 g/mol. The van der Waals surface area contributed by atoms with Crippen LogP contribution >= 0.6 is 0 Å². The second kappa shape index (κ2) is 5.50. The van der Waals surface area contributed by atoms with Gasteiger partial charge in [-0.3, -0.25) is 4.79 Å². The summed E-state index contributed by atoms with van der Waals surface area (Å²) < 4.78 is 4.98. The lowest BCUT2D eigenvalue weighted by molar-refractivity contribution is -0.120. The first-order valence-corrected chi connectivity index (χ1v) is 4.98. The van der Waals surface area contributed by atoms with Gasteiger partial charge in [-0.25, -0.2) is 0 Å². The minimum atomic E-state index is -0.000324. The molecule has 5 heteroatoms. The van der Waals surface area contributed by atoms with Crippen LogP contribution in [0.15, 0.2) is 4.52 Å². The van der Waals surface area contributed by atoms with Crippen molar-refractivity contribution in [1.82, 2.24) is 15.8 Å². The van der Waals surface area contributed by atoms with Gasteiger partial charge in [0.15, 0.2) is 0 Å². The van der Waals surface area contributed by atoms with Crippen LogP contribution in [-0.4, -0.2) is 31.2 Å². The molecule has 0 saturated carbocycles. The molecule has 0 aromatic carbocycles. The van der Waals surface area contributed by atoms with Gasteiger partial charge in [0.25, 0.3) is 0 Å². The van der Waals surface area contributed by atoms with E-state index in [4.69, 9.17) is 4.52 Å². The molecule has 0 atom stereocenters. The molecule has 15 heavy (non-hydrogen) atoms. The van der Waals surface area contributed by atoms with E-state index >= 15 is 0 Å². The fraction of sp³-hybridized carbons (Fsp3) is 0.600. The summed E-state index contributed by atoms with van der Waals surface area (Å²) in [5.41, 5.74) is 1.67. The van der Waals surface area contributed by atoms with Gasteiger partial charge in [-0.05, 0) is 20.9 Å². The molecule has 1 aromatic rings. The molecule has 0 radical (unpaired) electrons. The molecule has 0 aliphatic rings. The van der Waals surface area contributed by atoms with Gasteiger partial charge in [0.1, 0.15) is 5.76 Å². The summed E-state index contributed by atoms with van der Waals surface area (Å²) in [4.78, 5) is 11.5. The van der Waals surface area contributed by atoms with Crippen molar-refractivity contribution in [3.05, 3.63) is 17.0 Å². The van der Waals surface area contributed by atoms with Crippen molar-refractivity contribution in [1.29, 1.82) is 0 Å². The van der Waals surface area contributed by atoms with E-state index in [1.54, 1.807) is 0 Å². The van der Waals surface area contributed by atoms with Crippen LogP contribution in [0.1, 0.15) is 17.0 Å². The van der Waals surface area contributed by atoms with E-state index in [0.29, 0.717) is 13.0 Å². The molecule has 0 aliphatic heterocycles. The van der Waals surface area contributed by atoms with Gasteiger partial charge in [-0.2, -0.15) is 0 Å². The van der Waals surface area contributed by atoms with E-state index in [-0.39, 0.29) is 5.91 Å². The van der Waals surface area contributed by atoms with Gasteiger partial charge < -0.3 is 15.2 Å². The fourth-order valence-corrected chi connectivity index (χ4v) is 1.30. The van der Waals surface area contributed by atoms with E-state index < -0.39 is 0 Å². The van der Waals surface area contributed by atoms with E-state index in [0.717, 1.165) is 23.6 Å². The Labute approximate surface area is 89.2 Å². The van der Waals surface area contributed by atoms with Crippen LogP contribution in [0, 0.1) is 13.8 Å². The Bertz CT molecular complexity index is 314. The Morgan fingerprint density at radius 2 is 2.13 bits per heavy atom. The summed E-state index contributed by atoms with van der Waals surface area (Å²) in [6.07, 6.45) is 0.338. The van der Waals surface area contributed by atoms with Gasteiger partial charge in [0.05, 0.1) is 12.1 Å². The predicted molar refractivity (Wildman–Crippen MR) is 56.6 cm³/mol. The van der Waals surface area contributed by atoms with E-state index in [1.807, 2.05) is 20.9 Å². The summed E-state index contributed by atoms with van der Waals surface area (Å²) in [6, 6.07) is 0. The first-order valence-electron chi connectivity index (χ1n) is 4.98. The molecule has 1 amide bonds. The second-order valence-corrected chi connectivity index (χ2v) is 3.43. The first-order chi connectivity index (χ1) is 7.15. The molecular formula is C10H17N3O2. The van der Waals surface area contributed by atoms with Crippen molar-refractivity contribution in [2.75, 3.05) is 20.1 Å². The number of aromatic nitrogens is 1. The molecule has 5 nitrogen and oxygen atoms in total. The second-order valence-electron chi connectivity index (χ2n) is 3.43. The van der Waals surface area contributed by atoms with Crippen LogP contribution in [-0.2, 0) is 11.2 Å². The number of carbonyl (C=O) groups is 1. The molecule has 0 saturated heterocycles. The standard InChI is InChI=1S/C10H17N3O2/c1-7-9(8(2)15-13-7)6-10(14)12-5-4-11-3/h11H,4-6H2,1-3H3,(H,12,14). The highest BCUT2D eigenvalue weighted by molar-refractivity contribution is 5.78. The van der Waals surface area contributed by atoms with Crippen LogP contribution < -0.4 is 10.6 Å². The van der Waals surface area contributed by atoms with Crippen molar-refractivity contribution in [3.63, 3.8) is 0 Å². The lowest BCUT2D eigenvalue weighted by Gasteiger charge is -2.03. The Morgan fingerprint density at radius 1 is 1.40 bits per heavy atom. The molecule has 0 bridgehead atoms. The summed E-state index contributed by atoms with van der Waals surface area (Å²) in [6.45, 7) is 5.06. The predicted octanol–water partition coefficient (Wildman–Crippen LogP) is 0.170. The summed E-state index contributed by atoms with van der Waals surface area (Å²) in [5, 5.41) is 9.56. The molecular weight excluding hydrogens is 194 g/mol. The Kier molecular flexibility index (Phi) is 4.30. The van der Waals surface area contributed by atoms with E-state index in [2.05, 4.69) is 15.8 Å². The maximum absolute atomic E-state index is 11.5. The number of hydrogen-bond donors (Lipinski definition) is 2. The number of rotatable bonds is 5. The minimum absolute atomic E-state index is 0.000324.